The van der Waals surface area contributed by atoms with E-state index in [0.717, 1.165) is 0 Å². The number of allylic oxidation sites excluding steroid dienone is 4. The Morgan fingerprint density at radius 1 is 0.928 bits per heavy atom. The Kier molecular flexibility index (Phi) is 16.9. The standard InChI is InChI=1S/C47H62FN7O14/c1-25-18-30-29-12-11-27-20-28(56)15-16-44(27,2)46(29,48)34(57)22-45(30,3)47(25,68)35(58)24-69-39(63)14-13-36(59)53-31(10-7-17-51-43(49)50)40(64)52-23-37(60)54-32(21-38(61)62)41(65)55-33(42(66)67)19-26-8-5-4-6-9-26/h4-6,8-9,15-16,20,25,29-34,57,68H,7,10-14,17-19,21-24H2,1-3H3,(H,52,64)(H,53,59)(H,54,60)(H,55,65)(H,61,62)(H,66,67)(H4,49,50,51)/t25-,29+,30+,31+,32+,33+,34+,44+,45+,46+,47+/m1/s1. The van der Waals surface area contributed by atoms with Crippen molar-refractivity contribution in [2.45, 2.75) is 120 Å². The van der Waals surface area contributed by atoms with Crippen LogP contribution in [0.2, 0.25) is 0 Å². The molecule has 5 rings (SSSR count). The number of aliphatic hydroxyl groups is 2. The zero-order chi connectivity index (χ0) is 51.1. The van der Waals surface area contributed by atoms with Crippen molar-refractivity contribution in [1.82, 2.24) is 21.3 Å². The lowest BCUT2D eigenvalue weighted by Gasteiger charge is -2.62. The molecule has 4 aliphatic rings. The van der Waals surface area contributed by atoms with E-state index in [1.807, 2.05) is 0 Å². The number of hydrogen-bond acceptors (Lipinski definition) is 13. The van der Waals surface area contributed by atoms with Crippen LogP contribution in [0, 0.1) is 28.6 Å². The summed E-state index contributed by atoms with van der Waals surface area (Å²) in [5.41, 5.74) is 5.00. The minimum atomic E-state index is -2.19. The summed E-state index contributed by atoms with van der Waals surface area (Å²) in [6.45, 7) is 3.27. The van der Waals surface area contributed by atoms with Crippen LogP contribution in [0.4, 0.5) is 4.39 Å². The number of fused-ring (bicyclic) bond motifs is 5. The van der Waals surface area contributed by atoms with Crippen molar-refractivity contribution in [3.63, 3.8) is 0 Å². The van der Waals surface area contributed by atoms with E-state index in [-0.39, 0.29) is 56.8 Å². The third-order valence-corrected chi connectivity index (χ3v) is 14.5. The van der Waals surface area contributed by atoms with Crippen LogP contribution < -0.4 is 32.7 Å². The van der Waals surface area contributed by atoms with Gasteiger partial charge in [-0.05, 0) is 75.0 Å². The first-order valence-electron chi connectivity index (χ1n) is 22.8. The molecule has 69 heavy (non-hydrogen) atoms. The van der Waals surface area contributed by atoms with Crippen LogP contribution in [-0.4, -0.2) is 135 Å². The Balaban J connectivity index is 1.15. The van der Waals surface area contributed by atoms with Crippen molar-refractivity contribution in [1.29, 1.82) is 0 Å². The predicted molar refractivity (Wildman–Crippen MR) is 242 cm³/mol. The molecule has 4 amide bonds. The van der Waals surface area contributed by atoms with Crippen LogP contribution in [0.25, 0.3) is 0 Å². The van der Waals surface area contributed by atoms with Gasteiger partial charge in [-0.25, -0.2) is 9.18 Å². The van der Waals surface area contributed by atoms with E-state index in [1.165, 1.54) is 18.2 Å². The zero-order valence-corrected chi connectivity index (χ0v) is 38.7. The molecule has 3 saturated carbocycles. The summed E-state index contributed by atoms with van der Waals surface area (Å²) < 4.78 is 22.8. The number of aliphatic imine (C=N–C) groups is 1. The second-order valence-electron chi connectivity index (χ2n) is 18.8. The molecule has 12 N–H and O–H groups in total. The van der Waals surface area contributed by atoms with E-state index < -0.39 is 144 Å². The average molecular weight is 968 g/mol. The number of aliphatic hydroxyl groups excluding tert-OH is 1. The number of ketones is 2. The molecule has 22 heteroatoms. The highest BCUT2D eigenvalue weighted by molar-refractivity contribution is 6.01. The van der Waals surface area contributed by atoms with Gasteiger partial charge in [0.15, 0.2) is 24.0 Å². The molecular weight excluding hydrogens is 906 g/mol. The fraction of sp³-hybridized carbons (Fsp3) is 0.574. The quantitative estimate of drug-likeness (QED) is 0.0307. The molecule has 376 valence electrons. The third kappa shape index (κ3) is 11.5. The lowest BCUT2D eigenvalue weighted by atomic mass is 9.44. The number of carbonyl (C=O) groups excluding carboxylic acids is 7. The van der Waals surface area contributed by atoms with E-state index in [4.69, 9.17) is 16.2 Å². The van der Waals surface area contributed by atoms with E-state index >= 15 is 4.39 Å². The molecule has 0 heterocycles. The van der Waals surface area contributed by atoms with Crippen molar-refractivity contribution < 1.29 is 72.7 Å². The fourth-order valence-corrected chi connectivity index (χ4v) is 11.0. The van der Waals surface area contributed by atoms with Crippen molar-refractivity contribution in [3.8, 4) is 0 Å². The minimum Gasteiger partial charge on any atom is -0.481 e. The van der Waals surface area contributed by atoms with E-state index in [1.54, 1.807) is 51.1 Å². The van der Waals surface area contributed by atoms with Gasteiger partial charge in [0.1, 0.15) is 23.7 Å². The van der Waals surface area contributed by atoms with Crippen LogP contribution in [-0.2, 0) is 54.3 Å². The first kappa shape index (κ1) is 53.4. The third-order valence-electron chi connectivity index (χ3n) is 14.5. The molecule has 11 atom stereocenters. The van der Waals surface area contributed by atoms with Gasteiger partial charge in [-0.3, -0.25) is 43.3 Å². The minimum absolute atomic E-state index is 0.0343. The number of carboxylic acids is 2. The number of nitrogens with two attached hydrogens (primary N) is 2. The Labute approximate surface area is 397 Å². The molecule has 4 aliphatic carbocycles. The van der Waals surface area contributed by atoms with Crippen molar-refractivity contribution >= 4 is 59.1 Å². The number of ether oxygens (including phenoxy) is 1. The first-order chi connectivity index (χ1) is 32.4. The second kappa shape index (κ2) is 21.8. The van der Waals surface area contributed by atoms with E-state index in [9.17, 15) is 63.6 Å². The van der Waals surface area contributed by atoms with Gasteiger partial charge in [-0.2, -0.15) is 0 Å². The summed E-state index contributed by atoms with van der Waals surface area (Å²) in [6.07, 6.45) is 1.09. The maximum Gasteiger partial charge on any atom is 0.326 e. The van der Waals surface area contributed by atoms with Crippen LogP contribution >= 0.6 is 0 Å². The number of rotatable bonds is 22. The number of guanidine groups is 1. The van der Waals surface area contributed by atoms with Crippen molar-refractivity contribution in [2.24, 2.45) is 45.0 Å². The molecule has 0 aliphatic heterocycles. The normalized spacial score (nSPS) is 29.0. The average Bonchev–Trinajstić information content (AvgIpc) is 3.49. The van der Waals surface area contributed by atoms with Crippen molar-refractivity contribution in [3.05, 3.63) is 59.7 Å². The van der Waals surface area contributed by atoms with Gasteiger partial charge >= 0.3 is 17.9 Å². The molecule has 0 spiro atoms. The van der Waals surface area contributed by atoms with Gasteiger partial charge in [0, 0.05) is 36.1 Å². The second-order valence-corrected chi connectivity index (χ2v) is 18.8. The number of carboxylic acid groups (broad SMARTS) is 2. The molecule has 0 aromatic heterocycles. The summed E-state index contributed by atoms with van der Waals surface area (Å²) in [5, 5.41) is 52.0. The highest BCUT2D eigenvalue weighted by Gasteiger charge is 2.75. The maximum atomic E-state index is 17.5. The summed E-state index contributed by atoms with van der Waals surface area (Å²) in [6, 6.07) is 3.73. The van der Waals surface area contributed by atoms with Gasteiger partial charge < -0.3 is 57.9 Å². The molecule has 3 fully saturated rings. The smallest absolute Gasteiger partial charge is 0.326 e. The molecule has 0 bridgehead atoms. The van der Waals surface area contributed by atoms with Crippen molar-refractivity contribution in [2.75, 3.05) is 19.7 Å². The first-order valence-corrected chi connectivity index (χ1v) is 22.8. The number of amides is 4. The van der Waals surface area contributed by atoms with Gasteiger partial charge in [0.25, 0.3) is 0 Å². The number of Topliss-reactive ketones (excluding diaryl/α,β-unsaturated/α-hetero) is 1. The van der Waals surface area contributed by atoms with Gasteiger partial charge in [-0.15, -0.1) is 0 Å². The SMILES string of the molecule is C[C@@H]1C[C@H]2[C@@H]3CCC4=CC(=O)C=C[C@]4(C)[C@@]3(F)[C@@H](O)C[C@]2(C)[C@@]1(O)C(=O)COC(=O)CCC(=O)N[C@@H](CCCN=C(N)N)C(=O)NCC(=O)N[C@@H](CC(=O)O)C(=O)N[C@@H](Cc1ccccc1)C(=O)O. The predicted octanol–water partition coefficient (Wildman–Crippen LogP) is -0.347. The van der Waals surface area contributed by atoms with Gasteiger partial charge in [0.05, 0.1) is 25.5 Å². The number of alkyl halides is 1. The number of benzene rings is 1. The highest BCUT2D eigenvalue weighted by atomic mass is 19.1. The number of nitrogens with one attached hydrogen (secondary N) is 4. The number of esters is 1. The zero-order valence-electron chi connectivity index (χ0n) is 38.7. The largest absolute Gasteiger partial charge is 0.481 e. The molecule has 0 unspecified atom stereocenters. The molecule has 0 saturated heterocycles. The van der Waals surface area contributed by atoms with Gasteiger partial charge in [0.2, 0.25) is 29.4 Å². The Morgan fingerprint density at radius 3 is 2.26 bits per heavy atom. The molecule has 1 aromatic carbocycles. The van der Waals surface area contributed by atoms with E-state index in [2.05, 4.69) is 26.3 Å². The topological polar surface area (TPSA) is 356 Å². The lowest BCUT2D eigenvalue weighted by molar-refractivity contribution is -0.220. The number of halogens is 1. The monoisotopic (exact) mass is 967 g/mol. The molecule has 1 aromatic rings. The number of nitrogens with zero attached hydrogens (tertiary/aromatic N) is 1. The lowest BCUT2D eigenvalue weighted by Crippen LogP contribution is -2.69. The number of aliphatic carboxylic acids is 2. The molecular formula is C47H62FN7O14. The summed E-state index contributed by atoms with van der Waals surface area (Å²) >= 11 is 0. The van der Waals surface area contributed by atoms with Crippen LogP contribution in [0.15, 0.2) is 59.1 Å². The molecule has 0 radical (unpaired) electrons. The Bertz CT molecular complexity index is 2290. The van der Waals surface area contributed by atoms with Crippen LogP contribution in [0.3, 0.4) is 0 Å². The summed E-state index contributed by atoms with van der Waals surface area (Å²) in [5.74, 6) is -11.2. The number of carbonyl (C=O) groups is 9. The maximum absolute atomic E-state index is 17.5. The molecule has 21 nitrogen and oxygen atoms in total. The summed E-state index contributed by atoms with van der Waals surface area (Å²) in [7, 11) is 0. The Morgan fingerprint density at radius 2 is 1.61 bits per heavy atom. The van der Waals surface area contributed by atoms with E-state index in [0.29, 0.717) is 17.6 Å². The highest BCUT2D eigenvalue weighted by Crippen LogP contribution is 2.70. The summed E-state index contributed by atoms with van der Waals surface area (Å²) in [4.78, 5) is 119. The fourth-order valence-electron chi connectivity index (χ4n) is 11.0. The number of hydrogen-bond donors (Lipinski definition) is 10. The van der Waals surface area contributed by atoms with Crippen LogP contribution in [0.1, 0.15) is 84.1 Å². The Hall–Kier alpha value is -6.55. The van der Waals surface area contributed by atoms with Gasteiger partial charge in [-0.1, -0.05) is 55.8 Å². The van der Waals surface area contributed by atoms with Crippen LogP contribution in [0.5, 0.6) is 0 Å².